The summed E-state index contributed by atoms with van der Waals surface area (Å²) in [5, 5.41) is 9.27. The normalized spacial score (nSPS) is 31.4. The molecule has 2 saturated carbocycles. The van der Waals surface area contributed by atoms with E-state index in [1.807, 2.05) is 0 Å². The second-order valence-corrected chi connectivity index (χ2v) is 11.6. The van der Waals surface area contributed by atoms with Gasteiger partial charge in [-0.25, -0.2) is 0 Å². The lowest BCUT2D eigenvalue weighted by molar-refractivity contribution is -0.313. The van der Waals surface area contributed by atoms with Crippen LogP contribution in [0.15, 0.2) is 30.9 Å². The van der Waals surface area contributed by atoms with E-state index in [0.29, 0.717) is 17.8 Å². The number of hydrogen-bond acceptors (Lipinski definition) is 1. The number of halogens is 5. The molecule has 1 aromatic rings. The molecule has 3 aliphatic carbocycles. The first kappa shape index (κ1) is 26.6. The van der Waals surface area contributed by atoms with Gasteiger partial charge in [-0.1, -0.05) is 56.9 Å². The van der Waals surface area contributed by atoms with Crippen LogP contribution in [0.1, 0.15) is 100 Å². The van der Waals surface area contributed by atoms with E-state index in [0.717, 1.165) is 31.6 Å². The third-order valence-corrected chi connectivity index (χ3v) is 9.66. The molecule has 1 aromatic carbocycles. The molecule has 2 fully saturated rings. The first-order valence-corrected chi connectivity index (χ1v) is 13.3. The quantitative estimate of drug-likeness (QED) is 0.205. The van der Waals surface area contributed by atoms with Crippen LogP contribution in [0.2, 0.25) is 0 Å². The molecule has 1 nitrogen and oxygen atoms in total. The summed E-state index contributed by atoms with van der Waals surface area (Å²) in [4.78, 5) is 0. The van der Waals surface area contributed by atoms with Gasteiger partial charge in [0.2, 0.25) is 0 Å². The van der Waals surface area contributed by atoms with E-state index < -0.39 is 24.6 Å². The van der Waals surface area contributed by atoms with E-state index in [2.05, 4.69) is 37.8 Å². The second kappa shape index (κ2) is 9.79. The number of alkyl halides is 5. The Morgan fingerprint density at radius 1 is 1.06 bits per heavy atom. The van der Waals surface area contributed by atoms with E-state index in [1.165, 1.54) is 55.2 Å². The van der Waals surface area contributed by atoms with Crippen LogP contribution in [0.5, 0.6) is 0 Å². The maximum atomic E-state index is 13.1. The van der Waals surface area contributed by atoms with Crippen LogP contribution in [0.4, 0.5) is 22.0 Å². The number of benzene rings is 1. The summed E-state index contributed by atoms with van der Waals surface area (Å²) in [5.41, 5.74) is 4.88. The SMILES string of the molecule is C=C[C@@]12CCc3cc(CCCCCCC(O)C(F)(F)C(F)(F)F)ccc3[C@H]1CC[C@]1(C)CCC[C@H]12. The number of aryl methyl sites for hydroxylation is 2. The van der Waals surface area contributed by atoms with Gasteiger partial charge in [-0.15, -0.1) is 6.58 Å². The molecule has 0 aromatic heterocycles. The van der Waals surface area contributed by atoms with Gasteiger partial charge >= 0.3 is 12.1 Å². The zero-order valence-corrected chi connectivity index (χ0v) is 20.8. The van der Waals surface area contributed by atoms with Crippen LogP contribution in [-0.2, 0) is 12.8 Å². The molecule has 0 aliphatic heterocycles. The third-order valence-electron chi connectivity index (χ3n) is 9.66. The van der Waals surface area contributed by atoms with Crippen molar-refractivity contribution < 1.29 is 27.1 Å². The van der Waals surface area contributed by atoms with Gasteiger partial charge in [-0.05, 0) is 97.1 Å². The maximum Gasteiger partial charge on any atom is 0.456 e. The highest BCUT2D eigenvalue weighted by atomic mass is 19.4. The Labute approximate surface area is 206 Å². The van der Waals surface area contributed by atoms with Crippen LogP contribution < -0.4 is 0 Å². The zero-order valence-electron chi connectivity index (χ0n) is 20.8. The third kappa shape index (κ3) is 4.81. The number of hydrogen-bond donors (Lipinski definition) is 1. The van der Waals surface area contributed by atoms with Crippen molar-refractivity contribution in [2.45, 2.75) is 115 Å². The molecule has 1 unspecified atom stereocenters. The van der Waals surface area contributed by atoms with Crippen LogP contribution in [-0.4, -0.2) is 23.3 Å². The standard InChI is InChI=1S/C29H39F5O/c1-3-27-18-14-21-19-20(9-6-4-5-7-11-25(35)28(30,31)29(32,33)34)12-13-22(21)23(27)15-17-26(2)16-8-10-24(26)27/h3,12-13,19,23-25,35H,1,4-11,14-18H2,2H3/t23-,24-,25?,26+,27-/m1/s1. The maximum absolute atomic E-state index is 13.1. The van der Waals surface area contributed by atoms with Gasteiger partial charge < -0.3 is 5.11 Å². The number of rotatable bonds is 9. The molecule has 0 bridgehead atoms. The summed E-state index contributed by atoms with van der Waals surface area (Å²) in [6, 6.07) is 6.87. The summed E-state index contributed by atoms with van der Waals surface area (Å²) in [6.07, 6.45) is 5.27. The van der Waals surface area contributed by atoms with Crippen LogP contribution >= 0.6 is 0 Å². The molecule has 5 atom stereocenters. The first-order chi connectivity index (χ1) is 16.4. The largest absolute Gasteiger partial charge is 0.456 e. The van der Waals surface area contributed by atoms with Gasteiger partial charge in [0, 0.05) is 0 Å². The molecular weight excluding hydrogens is 459 g/mol. The van der Waals surface area contributed by atoms with Crippen LogP contribution in [0, 0.1) is 16.7 Å². The van der Waals surface area contributed by atoms with Gasteiger partial charge in [0.15, 0.2) is 0 Å². The number of allylic oxidation sites excluding steroid dienone is 1. The molecule has 0 amide bonds. The monoisotopic (exact) mass is 498 g/mol. The fourth-order valence-corrected chi connectivity index (χ4v) is 7.73. The molecule has 196 valence electrons. The summed E-state index contributed by atoms with van der Waals surface area (Å²) in [7, 11) is 0. The lowest BCUT2D eigenvalue weighted by Crippen LogP contribution is -2.47. The fourth-order valence-electron chi connectivity index (χ4n) is 7.73. The van der Waals surface area contributed by atoms with E-state index in [1.54, 1.807) is 0 Å². The Balaban J connectivity index is 1.30. The molecule has 0 heterocycles. The second-order valence-electron chi connectivity index (χ2n) is 11.6. The summed E-state index contributed by atoms with van der Waals surface area (Å²) < 4.78 is 63.2. The van der Waals surface area contributed by atoms with Crippen molar-refractivity contribution in [1.29, 1.82) is 0 Å². The highest BCUT2D eigenvalue weighted by molar-refractivity contribution is 5.41. The van der Waals surface area contributed by atoms with Crippen LogP contribution in [0.3, 0.4) is 0 Å². The van der Waals surface area contributed by atoms with Gasteiger partial charge in [-0.2, -0.15) is 22.0 Å². The molecule has 35 heavy (non-hydrogen) atoms. The highest BCUT2D eigenvalue weighted by Crippen LogP contribution is 2.67. The summed E-state index contributed by atoms with van der Waals surface area (Å²) in [5.74, 6) is -3.77. The lowest BCUT2D eigenvalue weighted by Gasteiger charge is -2.56. The van der Waals surface area contributed by atoms with Crippen molar-refractivity contribution in [2.75, 3.05) is 0 Å². The van der Waals surface area contributed by atoms with Crippen molar-refractivity contribution in [1.82, 2.24) is 0 Å². The Kier molecular flexibility index (Phi) is 7.45. The van der Waals surface area contributed by atoms with Crippen molar-refractivity contribution in [3.8, 4) is 0 Å². The molecule has 6 heteroatoms. The zero-order chi connectivity index (χ0) is 25.5. The Bertz CT molecular complexity index is 909. The molecular formula is C29H39F5O. The van der Waals surface area contributed by atoms with E-state index in [4.69, 9.17) is 0 Å². The fraction of sp³-hybridized carbons (Fsp3) is 0.724. The summed E-state index contributed by atoms with van der Waals surface area (Å²) in [6.45, 7) is 6.82. The molecule has 1 N–H and O–H groups in total. The minimum Gasteiger partial charge on any atom is -0.386 e. The average molecular weight is 499 g/mol. The molecule has 3 aliphatic rings. The van der Waals surface area contributed by atoms with E-state index in [9.17, 15) is 27.1 Å². The topological polar surface area (TPSA) is 20.2 Å². The number of unbranched alkanes of at least 4 members (excludes halogenated alkanes) is 3. The van der Waals surface area contributed by atoms with Crippen molar-refractivity contribution in [3.05, 3.63) is 47.5 Å². The molecule has 0 saturated heterocycles. The van der Waals surface area contributed by atoms with Crippen molar-refractivity contribution in [2.24, 2.45) is 16.7 Å². The van der Waals surface area contributed by atoms with Gasteiger partial charge in [0.25, 0.3) is 0 Å². The first-order valence-electron chi connectivity index (χ1n) is 13.3. The van der Waals surface area contributed by atoms with Gasteiger partial charge in [0.05, 0.1) is 0 Å². The number of fused-ring (bicyclic) bond motifs is 5. The van der Waals surface area contributed by atoms with Gasteiger partial charge in [0.1, 0.15) is 6.10 Å². The van der Waals surface area contributed by atoms with Crippen molar-refractivity contribution >= 4 is 0 Å². The lowest BCUT2D eigenvalue weighted by atomic mass is 9.47. The minimum atomic E-state index is -5.71. The number of aliphatic hydroxyl groups is 1. The average Bonchev–Trinajstić information content (AvgIpc) is 3.22. The predicted molar refractivity (Wildman–Crippen MR) is 129 cm³/mol. The van der Waals surface area contributed by atoms with Crippen LogP contribution in [0.25, 0.3) is 0 Å². The molecule has 4 rings (SSSR count). The predicted octanol–water partition coefficient (Wildman–Crippen LogP) is 8.54. The number of aliphatic hydroxyl groups excluding tert-OH is 1. The van der Waals surface area contributed by atoms with Gasteiger partial charge in [-0.3, -0.25) is 0 Å². The summed E-state index contributed by atoms with van der Waals surface area (Å²) >= 11 is 0. The van der Waals surface area contributed by atoms with E-state index >= 15 is 0 Å². The molecule has 0 spiro atoms. The highest BCUT2D eigenvalue weighted by Gasteiger charge is 2.62. The van der Waals surface area contributed by atoms with Crippen molar-refractivity contribution in [3.63, 3.8) is 0 Å². The minimum absolute atomic E-state index is 0.155. The Hall–Kier alpha value is -1.43. The molecule has 0 radical (unpaired) electrons. The smallest absolute Gasteiger partial charge is 0.386 e. The Morgan fingerprint density at radius 2 is 1.80 bits per heavy atom. The Morgan fingerprint density at radius 3 is 2.51 bits per heavy atom. The van der Waals surface area contributed by atoms with E-state index in [-0.39, 0.29) is 11.8 Å².